The van der Waals surface area contributed by atoms with Crippen molar-refractivity contribution in [3.8, 4) is 5.75 Å². The standard InChI is InChI=1S/C21H34N2O/c1-16(2)18-9-10-20(24-3)19(15-18)21(17-7-5-4-6-8-17)23-13-11-22-12-14-23/h9-10,15-17,21-22H,4-8,11-14H2,1-3H3/t21-/m0/s1. The summed E-state index contributed by atoms with van der Waals surface area (Å²) in [4.78, 5) is 2.72. The van der Waals surface area contributed by atoms with Crippen LogP contribution in [0.1, 0.15) is 69.0 Å². The molecule has 0 radical (unpaired) electrons. The lowest BCUT2D eigenvalue weighted by atomic mass is 9.79. The lowest BCUT2D eigenvalue weighted by molar-refractivity contribution is 0.101. The maximum atomic E-state index is 5.80. The number of piperazine rings is 1. The molecule has 3 nitrogen and oxygen atoms in total. The zero-order valence-electron chi connectivity index (χ0n) is 15.7. The molecule has 2 fully saturated rings. The molecule has 1 aromatic carbocycles. The van der Waals surface area contributed by atoms with Gasteiger partial charge in [0.2, 0.25) is 0 Å². The van der Waals surface area contributed by atoms with Crippen LogP contribution in [-0.2, 0) is 0 Å². The zero-order chi connectivity index (χ0) is 16.9. The van der Waals surface area contributed by atoms with E-state index in [1.54, 1.807) is 0 Å². The molecule has 1 heterocycles. The first-order valence-electron chi connectivity index (χ1n) is 9.83. The maximum absolute atomic E-state index is 5.80. The second kappa shape index (κ2) is 8.35. The molecular weight excluding hydrogens is 296 g/mol. The first-order valence-corrected chi connectivity index (χ1v) is 9.83. The Morgan fingerprint density at radius 3 is 2.42 bits per heavy atom. The molecule has 24 heavy (non-hydrogen) atoms. The molecule has 0 aromatic heterocycles. The summed E-state index contributed by atoms with van der Waals surface area (Å²) in [5.74, 6) is 2.41. The summed E-state index contributed by atoms with van der Waals surface area (Å²) in [7, 11) is 1.82. The van der Waals surface area contributed by atoms with Crippen LogP contribution >= 0.6 is 0 Å². The Morgan fingerprint density at radius 1 is 1.08 bits per heavy atom. The van der Waals surface area contributed by atoms with Crippen molar-refractivity contribution in [1.29, 1.82) is 0 Å². The van der Waals surface area contributed by atoms with Crippen LogP contribution in [0.3, 0.4) is 0 Å². The Bertz CT molecular complexity index is 499. The Hall–Kier alpha value is -1.06. The lowest BCUT2D eigenvalue weighted by Gasteiger charge is -2.41. The van der Waals surface area contributed by atoms with Crippen LogP contribution in [0, 0.1) is 5.92 Å². The van der Waals surface area contributed by atoms with Crippen molar-refractivity contribution in [1.82, 2.24) is 10.2 Å². The highest BCUT2D eigenvalue weighted by atomic mass is 16.5. The SMILES string of the molecule is COc1ccc(C(C)C)cc1[C@H](C1CCCCC1)N1CCNCC1. The number of rotatable bonds is 5. The van der Waals surface area contributed by atoms with E-state index >= 15 is 0 Å². The Morgan fingerprint density at radius 2 is 1.79 bits per heavy atom. The molecule has 3 heteroatoms. The average molecular weight is 331 g/mol. The average Bonchev–Trinajstić information content (AvgIpc) is 2.63. The smallest absolute Gasteiger partial charge is 0.123 e. The van der Waals surface area contributed by atoms with Crippen LogP contribution < -0.4 is 10.1 Å². The molecule has 0 spiro atoms. The monoisotopic (exact) mass is 330 g/mol. The van der Waals surface area contributed by atoms with E-state index in [1.165, 1.54) is 43.2 Å². The number of benzene rings is 1. The molecular formula is C21H34N2O. The van der Waals surface area contributed by atoms with Gasteiger partial charge in [-0.25, -0.2) is 0 Å². The van der Waals surface area contributed by atoms with Gasteiger partial charge in [-0.1, -0.05) is 45.2 Å². The molecule has 1 aliphatic carbocycles. The van der Waals surface area contributed by atoms with Crippen molar-refractivity contribution in [3.05, 3.63) is 29.3 Å². The van der Waals surface area contributed by atoms with Crippen molar-refractivity contribution in [2.24, 2.45) is 5.92 Å². The van der Waals surface area contributed by atoms with Crippen LogP contribution in [0.25, 0.3) is 0 Å². The summed E-state index contributed by atoms with van der Waals surface area (Å²) in [5, 5.41) is 3.51. The molecule has 1 N–H and O–H groups in total. The third-order valence-electron chi connectivity index (χ3n) is 5.88. The predicted octanol–water partition coefficient (Wildman–Crippen LogP) is 4.35. The largest absolute Gasteiger partial charge is 0.496 e. The number of ether oxygens (including phenoxy) is 1. The molecule has 2 aliphatic rings. The fourth-order valence-electron chi connectivity index (χ4n) is 4.50. The van der Waals surface area contributed by atoms with Crippen molar-refractivity contribution in [2.45, 2.75) is 57.9 Å². The number of hydrogen-bond acceptors (Lipinski definition) is 3. The van der Waals surface area contributed by atoms with Crippen molar-refractivity contribution in [3.63, 3.8) is 0 Å². The highest BCUT2D eigenvalue weighted by Crippen LogP contribution is 2.42. The number of nitrogens with zero attached hydrogens (tertiary/aromatic N) is 1. The maximum Gasteiger partial charge on any atom is 0.123 e. The normalized spacial score (nSPS) is 21.8. The third kappa shape index (κ3) is 3.94. The molecule has 1 saturated heterocycles. The molecule has 134 valence electrons. The molecule has 3 rings (SSSR count). The summed E-state index contributed by atoms with van der Waals surface area (Å²) in [6, 6.07) is 7.39. The van der Waals surface area contributed by atoms with E-state index in [9.17, 15) is 0 Å². The Balaban J connectivity index is 1.98. The minimum absolute atomic E-state index is 0.515. The first kappa shape index (κ1) is 17.8. The lowest BCUT2D eigenvalue weighted by Crippen LogP contribution is -2.47. The van der Waals surface area contributed by atoms with Crippen molar-refractivity contribution in [2.75, 3.05) is 33.3 Å². The van der Waals surface area contributed by atoms with E-state index in [0.29, 0.717) is 12.0 Å². The van der Waals surface area contributed by atoms with E-state index in [-0.39, 0.29) is 0 Å². The quantitative estimate of drug-likeness (QED) is 0.869. The highest BCUT2D eigenvalue weighted by molar-refractivity contribution is 5.41. The molecule has 1 atom stereocenters. The minimum atomic E-state index is 0.515. The van der Waals surface area contributed by atoms with E-state index in [0.717, 1.165) is 37.8 Å². The van der Waals surface area contributed by atoms with Gasteiger partial charge in [0, 0.05) is 37.8 Å². The topological polar surface area (TPSA) is 24.5 Å². The highest BCUT2D eigenvalue weighted by Gasteiger charge is 2.33. The van der Waals surface area contributed by atoms with Crippen LogP contribution in [0.4, 0.5) is 0 Å². The van der Waals surface area contributed by atoms with Crippen LogP contribution in [-0.4, -0.2) is 38.2 Å². The van der Waals surface area contributed by atoms with Crippen molar-refractivity contribution < 1.29 is 4.74 Å². The first-order chi connectivity index (χ1) is 11.7. The molecule has 1 aliphatic heterocycles. The Kier molecular flexibility index (Phi) is 6.18. The summed E-state index contributed by atoms with van der Waals surface area (Å²) >= 11 is 0. The molecule has 0 unspecified atom stereocenters. The van der Waals surface area contributed by atoms with Gasteiger partial charge < -0.3 is 10.1 Å². The fraction of sp³-hybridized carbons (Fsp3) is 0.714. The van der Waals surface area contributed by atoms with Crippen LogP contribution in [0.2, 0.25) is 0 Å². The summed E-state index contributed by atoms with van der Waals surface area (Å²) in [5.41, 5.74) is 2.86. The number of methoxy groups -OCH3 is 1. The van der Waals surface area contributed by atoms with Gasteiger partial charge >= 0.3 is 0 Å². The van der Waals surface area contributed by atoms with E-state index in [2.05, 4.69) is 42.3 Å². The van der Waals surface area contributed by atoms with E-state index in [4.69, 9.17) is 4.74 Å². The number of nitrogens with one attached hydrogen (secondary N) is 1. The Labute approximate surface area is 147 Å². The van der Waals surface area contributed by atoms with Crippen molar-refractivity contribution >= 4 is 0 Å². The summed E-state index contributed by atoms with van der Waals surface area (Å²) < 4.78 is 5.80. The second-order valence-corrected chi connectivity index (χ2v) is 7.78. The van der Waals surface area contributed by atoms with Crippen LogP contribution in [0.15, 0.2) is 18.2 Å². The van der Waals surface area contributed by atoms with Gasteiger partial charge in [0.1, 0.15) is 5.75 Å². The number of hydrogen-bond donors (Lipinski definition) is 1. The van der Waals surface area contributed by atoms with E-state index in [1.807, 2.05) is 7.11 Å². The van der Waals surface area contributed by atoms with Crippen LogP contribution in [0.5, 0.6) is 5.75 Å². The predicted molar refractivity (Wildman–Crippen MR) is 101 cm³/mol. The summed E-state index contributed by atoms with van der Waals surface area (Å²) in [6.45, 7) is 9.08. The van der Waals surface area contributed by atoms with Gasteiger partial charge in [-0.2, -0.15) is 0 Å². The third-order valence-corrected chi connectivity index (χ3v) is 5.88. The van der Waals surface area contributed by atoms with Gasteiger partial charge in [0.05, 0.1) is 7.11 Å². The molecule has 1 aromatic rings. The second-order valence-electron chi connectivity index (χ2n) is 7.78. The fourth-order valence-corrected chi connectivity index (χ4v) is 4.50. The van der Waals surface area contributed by atoms with Gasteiger partial charge in [-0.3, -0.25) is 4.90 Å². The molecule has 1 saturated carbocycles. The van der Waals surface area contributed by atoms with Gasteiger partial charge in [-0.05, 0) is 36.3 Å². The summed E-state index contributed by atoms with van der Waals surface area (Å²) in [6.07, 6.45) is 6.92. The minimum Gasteiger partial charge on any atom is -0.496 e. The van der Waals surface area contributed by atoms with Gasteiger partial charge in [0.15, 0.2) is 0 Å². The zero-order valence-corrected chi connectivity index (χ0v) is 15.7. The molecule has 0 bridgehead atoms. The molecule has 0 amide bonds. The van der Waals surface area contributed by atoms with E-state index < -0.39 is 0 Å². The van der Waals surface area contributed by atoms with Gasteiger partial charge in [0.25, 0.3) is 0 Å². The van der Waals surface area contributed by atoms with Gasteiger partial charge in [-0.15, -0.1) is 0 Å².